The molecule has 1 amide bonds. The van der Waals surface area contributed by atoms with Crippen molar-refractivity contribution >= 4 is 5.91 Å². The van der Waals surface area contributed by atoms with Crippen molar-refractivity contribution in [2.24, 2.45) is 0 Å². The summed E-state index contributed by atoms with van der Waals surface area (Å²) in [6.07, 6.45) is 5.53. The number of pyridine rings is 1. The molecular formula is C15H20N6O. The number of rotatable bonds is 4. The van der Waals surface area contributed by atoms with Crippen LogP contribution in [0.2, 0.25) is 0 Å². The van der Waals surface area contributed by atoms with Crippen molar-refractivity contribution in [3.05, 3.63) is 41.5 Å². The third-order valence-corrected chi connectivity index (χ3v) is 3.85. The van der Waals surface area contributed by atoms with Crippen LogP contribution >= 0.6 is 0 Å². The monoisotopic (exact) mass is 300 g/mol. The number of hydrogen-bond acceptors (Lipinski definition) is 5. The summed E-state index contributed by atoms with van der Waals surface area (Å²) in [6.45, 7) is 4.33. The number of aryl methyl sites for hydroxylation is 1. The summed E-state index contributed by atoms with van der Waals surface area (Å²) in [4.78, 5) is 16.3. The topological polar surface area (TPSA) is 84.7 Å². The Balaban J connectivity index is 1.58. The molecule has 22 heavy (non-hydrogen) atoms. The van der Waals surface area contributed by atoms with Gasteiger partial charge in [0.05, 0.1) is 12.2 Å². The molecule has 3 rings (SSSR count). The van der Waals surface area contributed by atoms with Gasteiger partial charge in [-0.15, -0.1) is 5.10 Å². The Morgan fingerprint density at radius 2 is 2.23 bits per heavy atom. The minimum Gasteiger partial charge on any atom is -0.346 e. The first-order valence-electron chi connectivity index (χ1n) is 7.54. The molecular weight excluding hydrogens is 280 g/mol. The van der Waals surface area contributed by atoms with E-state index < -0.39 is 0 Å². The first-order valence-corrected chi connectivity index (χ1v) is 7.54. The Morgan fingerprint density at radius 3 is 2.95 bits per heavy atom. The van der Waals surface area contributed by atoms with Crippen molar-refractivity contribution in [2.75, 3.05) is 13.1 Å². The van der Waals surface area contributed by atoms with Crippen LogP contribution in [0.3, 0.4) is 0 Å². The van der Waals surface area contributed by atoms with E-state index in [-0.39, 0.29) is 5.91 Å². The molecule has 1 aliphatic heterocycles. The highest BCUT2D eigenvalue weighted by Gasteiger charge is 2.18. The minimum atomic E-state index is -0.208. The van der Waals surface area contributed by atoms with Crippen molar-refractivity contribution in [3.8, 4) is 0 Å². The molecule has 116 valence electrons. The quantitative estimate of drug-likeness (QED) is 0.874. The fourth-order valence-corrected chi connectivity index (χ4v) is 2.51. The van der Waals surface area contributed by atoms with Crippen LogP contribution in [0.1, 0.15) is 40.6 Å². The lowest BCUT2D eigenvalue weighted by molar-refractivity contribution is 0.0946. The van der Waals surface area contributed by atoms with Crippen molar-refractivity contribution < 1.29 is 4.79 Å². The molecule has 0 aliphatic carbocycles. The van der Waals surface area contributed by atoms with Gasteiger partial charge in [-0.3, -0.25) is 9.78 Å². The predicted octanol–water partition coefficient (Wildman–Crippen LogP) is 0.836. The molecule has 1 fully saturated rings. The Labute approximate surface area is 129 Å². The number of nitrogens with one attached hydrogen (secondary N) is 2. The van der Waals surface area contributed by atoms with E-state index in [0.717, 1.165) is 37.2 Å². The first kappa shape index (κ1) is 14.6. The molecule has 0 bridgehead atoms. The molecule has 1 saturated heterocycles. The molecule has 2 aromatic heterocycles. The molecule has 0 aromatic carbocycles. The summed E-state index contributed by atoms with van der Waals surface area (Å²) in [5.41, 5.74) is 2.28. The van der Waals surface area contributed by atoms with E-state index in [1.807, 2.05) is 23.7 Å². The molecule has 7 heteroatoms. The number of nitrogens with zero attached hydrogens (tertiary/aromatic N) is 4. The van der Waals surface area contributed by atoms with Gasteiger partial charge in [-0.2, -0.15) is 0 Å². The Morgan fingerprint density at radius 1 is 1.41 bits per heavy atom. The number of hydrogen-bond donors (Lipinski definition) is 2. The number of aromatic nitrogens is 4. The molecule has 2 aromatic rings. The van der Waals surface area contributed by atoms with E-state index in [1.165, 1.54) is 0 Å². The second-order valence-corrected chi connectivity index (χ2v) is 5.56. The Hall–Kier alpha value is -2.28. The van der Waals surface area contributed by atoms with Crippen LogP contribution in [-0.2, 0) is 6.54 Å². The van der Waals surface area contributed by atoms with Crippen LogP contribution in [0.4, 0.5) is 0 Å². The van der Waals surface area contributed by atoms with Gasteiger partial charge in [-0.25, -0.2) is 4.68 Å². The van der Waals surface area contributed by atoms with Gasteiger partial charge in [0.15, 0.2) is 5.69 Å². The highest BCUT2D eigenvalue weighted by Crippen LogP contribution is 2.17. The van der Waals surface area contributed by atoms with E-state index in [4.69, 9.17) is 0 Å². The van der Waals surface area contributed by atoms with E-state index in [1.54, 1.807) is 12.4 Å². The van der Waals surface area contributed by atoms with Crippen LogP contribution in [0.25, 0.3) is 0 Å². The van der Waals surface area contributed by atoms with E-state index in [9.17, 15) is 4.79 Å². The summed E-state index contributed by atoms with van der Waals surface area (Å²) in [5.74, 6) is -0.208. The standard InChI is InChI=1S/C15H20N6O/c1-11-2-3-12(8-17-11)9-18-15(22)14-10-21(20-19-14)13-4-6-16-7-5-13/h2-3,8,10,13,16H,4-7,9H2,1H3,(H,18,22). The number of piperidine rings is 1. The van der Waals surface area contributed by atoms with Gasteiger partial charge in [0.1, 0.15) is 0 Å². The molecule has 0 spiro atoms. The summed E-state index contributed by atoms with van der Waals surface area (Å²) in [5, 5.41) is 14.2. The second-order valence-electron chi connectivity index (χ2n) is 5.56. The molecule has 0 atom stereocenters. The van der Waals surface area contributed by atoms with Gasteiger partial charge in [-0.05, 0) is 44.5 Å². The highest BCUT2D eigenvalue weighted by atomic mass is 16.2. The minimum absolute atomic E-state index is 0.208. The lowest BCUT2D eigenvalue weighted by Gasteiger charge is -2.22. The zero-order valence-corrected chi connectivity index (χ0v) is 12.6. The zero-order chi connectivity index (χ0) is 15.4. The van der Waals surface area contributed by atoms with Gasteiger partial charge >= 0.3 is 0 Å². The highest BCUT2D eigenvalue weighted by molar-refractivity contribution is 5.91. The normalized spacial score (nSPS) is 15.7. The fourth-order valence-electron chi connectivity index (χ4n) is 2.51. The van der Waals surface area contributed by atoms with Gasteiger partial charge < -0.3 is 10.6 Å². The van der Waals surface area contributed by atoms with Crippen molar-refractivity contribution in [2.45, 2.75) is 32.4 Å². The lowest BCUT2D eigenvalue weighted by atomic mass is 10.1. The second kappa shape index (κ2) is 6.65. The van der Waals surface area contributed by atoms with Gasteiger partial charge in [-0.1, -0.05) is 11.3 Å². The van der Waals surface area contributed by atoms with Gasteiger partial charge in [0.25, 0.3) is 5.91 Å². The van der Waals surface area contributed by atoms with Crippen LogP contribution in [-0.4, -0.2) is 39.0 Å². The van der Waals surface area contributed by atoms with Crippen LogP contribution in [0.5, 0.6) is 0 Å². The molecule has 7 nitrogen and oxygen atoms in total. The van der Waals surface area contributed by atoms with E-state index in [2.05, 4.69) is 25.9 Å². The molecule has 0 unspecified atom stereocenters. The average molecular weight is 300 g/mol. The summed E-state index contributed by atoms with van der Waals surface area (Å²) < 4.78 is 1.81. The maximum atomic E-state index is 12.1. The number of carbonyl (C=O) groups is 1. The average Bonchev–Trinajstić information content (AvgIpc) is 3.05. The van der Waals surface area contributed by atoms with Crippen molar-refractivity contribution in [3.63, 3.8) is 0 Å². The lowest BCUT2D eigenvalue weighted by Crippen LogP contribution is -2.29. The third-order valence-electron chi connectivity index (χ3n) is 3.85. The summed E-state index contributed by atoms with van der Waals surface area (Å²) in [7, 11) is 0. The SMILES string of the molecule is Cc1ccc(CNC(=O)c2cn(C3CCNCC3)nn2)cn1. The van der Waals surface area contributed by atoms with E-state index in [0.29, 0.717) is 18.3 Å². The largest absolute Gasteiger partial charge is 0.346 e. The Bertz CT molecular complexity index is 630. The number of carbonyl (C=O) groups excluding carboxylic acids is 1. The van der Waals surface area contributed by atoms with Gasteiger partial charge in [0.2, 0.25) is 0 Å². The number of amides is 1. The molecule has 1 aliphatic rings. The van der Waals surface area contributed by atoms with Crippen LogP contribution in [0.15, 0.2) is 24.5 Å². The molecule has 3 heterocycles. The zero-order valence-electron chi connectivity index (χ0n) is 12.6. The molecule has 0 radical (unpaired) electrons. The molecule has 2 N–H and O–H groups in total. The Kier molecular flexibility index (Phi) is 4.43. The van der Waals surface area contributed by atoms with Gasteiger partial charge in [0, 0.05) is 18.4 Å². The first-order chi connectivity index (χ1) is 10.7. The van der Waals surface area contributed by atoms with Crippen molar-refractivity contribution in [1.82, 2.24) is 30.6 Å². The summed E-state index contributed by atoms with van der Waals surface area (Å²) in [6, 6.07) is 4.21. The maximum Gasteiger partial charge on any atom is 0.273 e. The smallest absolute Gasteiger partial charge is 0.273 e. The van der Waals surface area contributed by atoms with E-state index >= 15 is 0 Å². The third kappa shape index (κ3) is 3.48. The summed E-state index contributed by atoms with van der Waals surface area (Å²) >= 11 is 0. The predicted molar refractivity (Wildman–Crippen MR) is 81.3 cm³/mol. The fraction of sp³-hybridized carbons (Fsp3) is 0.467. The maximum absolute atomic E-state index is 12.1. The van der Waals surface area contributed by atoms with Crippen LogP contribution in [0, 0.1) is 6.92 Å². The van der Waals surface area contributed by atoms with Crippen LogP contribution < -0.4 is 10.6 Å². The molecule has 0 saturated carbocycles. The van der Waals surface area contributed by atoms with Crippen molar-refractivity contribution in [1.29, 1.82) is 0 Å².